The van der Waals surface area contributed by atoms with Crippen molar-refractivity contribution in [2.45, 2.75) is 0 Å². The van der Waals surface area contributed by atoms with Gasteiger partial charge in [-0.2, -0.15) is 0 Å². The van der Waals surface area contributed by atoms with Gasteiger partial charge in [0.25, 0.3) is 0 Å². The maximum atomic E-state index is 5.03. The Morgan fingerprint density at radius 2 is 0.961 bits per heavy atom. The van der Waals surface area contributed by atoms with Gasteiger partial charge in [-0.1, -0.05) is 158 Å². The van der Waals surface area contributed by atoms with Gasteiger partial charge in [-0.3, -0.25) is 4.57 Å². The number of nitrogens with zero attached hydrogens (tertiary/aromatic N) is 2. The fraction of sp³-hybridized carbons (Fsp3) is 0. The Kier molecular flexibility index (Phi) is 7.05. The lowest BCUT2D eigenvalue weighted by atomic mass is 10.0. The van der Waals surface area contributed by atoms with Crippen LogP contribution in [0.25, 0.3) is 58.9 Å². The summed E-state index contributed by atoms with van der Waals surface area (Å²) in [5.41, 5.74) is 4.74. The minimum Gasteiger partial charge on any atom is -0.294 e. The molecule has 0 aliphatic rings. The van der Waals surface area contributed by atoms with Crippen LogP contribution in [-0.4, -0.2) is 17.6 Å². The molecule has 0 aliphatic carbocycles. The zero-order chi connectivity index (χ0) is 33.8. The highest BCUT2D eigenvalue weighted by atomic mass is 32.1. The van der Waals surface area contributed by atoms with Crippen molar-refractivity contribution >= 4 is 82.1 Å². The summed E-state index contributed by atoms with van der Waals surface area (Å²) in [4.78, 5) is 5.03. The lowest BCUT2D eigenvalue weighted by Crippen LogP contribution is -2.74. The van der Waals surface area contributed by atoms with Crippen molar-refractivity contribution in [3.63, 3.8) is 0 Å². The first kappa shape index (κ1) is 29.8. The predicted octanol–water partition coefficient (Wildman–Crippen LogP) is 9.59. The van der Waals surface area contributed by atoms with Crippen molar-refractivity contribution in [1.82, 2.24) is 9.55 Å². The number of hydrogen-bond acceptors (Lipinski definition) is 2. The van der Waals surface area contributed by atoms with Crippen LogP contribution < -0.4 is 20.7 Å². The van der Waals surface area contributed by atoms with E-state index in [0.717, 1.165) is 16.9 Å². The summed E-state index contributed by atoms with van der Waals surface area (Å²) >= 11 is 1.80. The number of fused-ring (bicyclic) bond motifs is 6. The normalized spacial score (nSPS) is 11.9. The first-order chi connectivity index (χ1) is 25.3. The maximum Gasteiger partial charge on any atom is 0.179 e. The van der Waals surface area contributed by atoms with E-state index in [4.69, 9.17) is 4.98 Å². The molecule has 0 saturated heterocycles. The highest BCUT2D eigenvalue weighted by molar-refractivity contribution is 7.25. The zero-order valence-corrected chi connectivity index (χ0v) is 29.6. The Morgan fingerprint density at radius 1 is 0.392 bits per heavy atom. The van der Waals surface area contributed by atoms with E-state index in [1.807, 2.05) is 6.20 Å². The molecule has 10 aromatic rings. The molecular formula is C47H32N2SSi. The second-order valence-electron chi connectivity index (χ2n) is 13.2. The molecule has 3 heterocycles. The summed E-state index contributed by atoms with van der Waals surface area (Å²) in [7, 11) is -2.65. The summed E-state index contributed by atoms with van der Waals surface area (Å²) in [6.45, 7) is 0. The summed E-state index contributed by atoms with van der Waals surface area (Å²) in [6.07, 6.45) is 2.04. The second kappa shape index (κ2) is 12.1. The standard InChI is InChI=1S/C47H32N2SSi/c1-4-16-35(17-5-1)51(36-18-6-2-7-19-36,37-20-8-3-9-21-37)38-22-14-15-33(29-38)34-27-28-44-41(30-34)39-23-10-12-25-43(39)49(44)47-31-42-40-24-11-13-26-45(40)50-46(42)32-48-47/h1-32H. The third kappa shape index (κ3) is 4.72. The third-order valence-corrected chi connectivity index (χ3v) is 16.3. The van der Waals surface area contributed by atoms with Gasteiger partial charge in [0.15, 0.2) is 8.07 Å². The molecule has 0 aliphatic heterocycles. The fourth-order valence-corrected chi connectivity index (χ4v) is 14.0. The molecule has 10 rings (SSSR count). The van der Waals surface area contributed by atoms with Crippen LogP contribution >= 0.6 is 11.3 Å². The molecule has 0 saturated carbocycles. The van der Waals surface area contributed by atoms with Gasteiger partial charge in [0.05, 0.1) is 15.7 Å². The van der Waals surface area contributed by atoms with Gasteiger partial charge < -0.3 is 0 Å². The molecule has 0 bridgehead atoms. The molecule has 3 aromatic heterocycles. The number of hydrogen-bond donors (Lipinski definition) is 0. The molecule has 0 fully saturated rings. The van der Waals surface area contributed by atoms with Crippen LogP contribution in [0.1, 0.15) is 0 Å². The van der Waals surface area contributed by atoms with E-state index in [2.05, 4.69) is 193 Å². The monoisotopic (exact) mass is 684 g/mol. The molecule has 4 heteroatoms. The molecule has 0 spiro atoms. The third-order valence-electron chi connectivity index (χ3n) is 10.4. The maximum absolute atomic E-state index is 5.03. The van der Waals surface area contributed by atoms with Gasteiger partial charge in [0.2, 0.25) is 0 Å². The second-order valence-corrected chi connectivity index (χ2v) is 18.0. The minimum atomic E-state index is -2.65. The minimum absolute atomic E-state index is 0.941. The van der Waals surface area contributed by atoms with Crippen LogP contribution in [-0.2, 0) is 0 Å². The first-order valence-electron chi connectivity index (χ1n) is 17.4. The summed E-state index contributed by atoms with van der Waals surface area (Å²) in [5.74, 6) is 0.941. The van der Waals surface area contributed by atoms with Crippen LogP contribution in [0.4, 0.5) is 0 Å². The summed E-state index contributed by atoms with van der Waals surface area (Å²) in [6, 6.07) is 69.3. The lowest BCUT2D eigenvalue weighted by molar-refractivity contribution is 1.09. The first-order valence-corrected chi connectivity index (χ1v) is 20.2. The Bertz CT molecular complexity index is 2760. The van der Waals surface area contributed by atoms with E-state index < -0.39 is 8.07 Å². The van der Waals surface area contributed by atoms with E-state index in [1.165, 1.54) is 62.8 Å². The average Bonchev–Trinajstić information content (AvgIpc) is 3.75. The molecule has 51 heavy (non-hydrogen) atoms. The van der Waals surface area contributed by atoms with Crippen LogP contribution in [0.2, 0.25) is 0 Å². The van der Waals surface area contributed by atoms with E-state index in [1.54, 1.807) is 11.3 Å². The van der Waals surface area contributed by atoms with Gasteiger partial charge in [-0.25, -0.2) is 4.98 Å². The molecule has 0 unspecified atom stereocenters. The fourth-order valence-electron chi connectivity index (χ4n) is 8.14. The van der Waals surface area contributed by atoms with Crippen molar-refractivity contribution in [2.24, 2.45) is 0 Å². The highest BCUT2D eigenvalue weighted by Gasteiger charge is 2.41. The van der Waals surface area contributed by atoms with E-state index >= 15 is 0 Å². The SMILES string of the molecule is c1ccc([Si](c2ccccc2)(c2ccccc2)c2cccc(-c3ccc4c(c3)c3ccccc3n4-c3cc4c(cn3)sc3ccccc34)c2)cc1. The van der Waals surface area contributed by atoms with Crippen LogP contribution in [0.5, 0.6) is 0 Å². The molecule has 2 nitrogen and oxygen atoms in total. The Morgan fingerprint density at radius 3 is 1.67 bits per heavy atom. The summed E-state index contributed by atoms with van der Waals surface area (Å²) < 4.78 is 4.83. The number of rotatable bonds is 6. The Labute approximate surface area is 301 Å². The molecule has 0 N–H and O–H groups in total. The number of pyridine rings is 1. The lowest BCUT2D eigenvalue weighted by Gasteiger charge is -2.34. The predicted molar refractivity (Wildman–Crippen MR) is 221 cm³/mol. The average molecular weight is 685 g/mol. The zero-order valence-electron chi connectivity index (χ0n) is 27.8. The van der Waals surface area contributed by atoms with Crippen molar-refractivity contribution in [3.8, 4) is 16.9 Å². The smallest absolute Gasteiger partial charge is 0.179 e. The molecule has 0 radical (unpaired) electrons. The number of aromatic nitrogens is 2. The van der Waals surface area contributed by atoms with E-state index in [0.29, 0.717) is 0 Å². The quantitative estimate of drug-likeness (QED) is 0.126. The van der Waals surface area contributed by atoms with Gasteiger partial charge in [0, 0.05) is 32.4 Å². The molecule has 7 aromatic carbocycles. The van der Waals surface area contributed by atoms with Crippen LogP contribution in [0, 0.1) is 0 Å². The van der Waals surface area contributed by atoms with E-state index in [-0.39, 0.29) is 0 Å². The van der Waals surface area contributed by atoms with Crippen molar-refractivity contribution < 1.29 is 0 Å². The Balaban J connectivity index is 1.17. The van der Waals surface area contributed by atoms with Gasteiger partial charge in [-0.05, 0) is 62.2 Å². The number of thiophene rings is 1. The van der Waals surface area contributed by atoms with Gasteiger partial charge in [0.1, 0.15) is 5.82 Å². The molecule has 0 amide bonds. The highest BCUT2D eigenvalue weighted by Crippen LogP contribution is 2.38. The van der Waals surface area contributed by atoms with Crippen molar-refractivity contribution in [2.75, 3.05) is 0 Å². The topological polar surface area (TPSA) is 17.8 Å². The van der Waals surface area contributed by atoms with E-state index in [9.17, 15) is 0 Å². The van der Waals surface area contributed by atoms with Crippen molar-refractivity contribution in [1.29, 1.82) is 0 Å². The number of benzene rings is 7. The molecule has 0 atom stereocenters. The van der Waals surface area contributed by atoms with Gasteiger partial charge >= 0.3 is 0 Å². The Hall–Kier alpha value is -6.07. The largest absolute Gasteiger partial charge is 0.294 e. The number of para-hydroxylation sites is 1. The molecule has 240 valence electrons. The van der Waals surface area contributed by atoms with Gasteiger partial charge in [-0.15, -0.1) is 11.3 Å². The molecular weight excluding hydrogens is 653 g/mol. The van der Waals surface area contributed by atoms with Crippen LogP contribution in [0.15, 0.2) is 194 Å². The summed E-state index contributed by atoms with van der Waals surface area (Å²) in [5, 5.41) is 10.5. The van der Waals surface area contributed by atoms with Crippen LogP contribution in [0.3, 0.4) is 0 Å². The van der Waals surface area contributed by atoms with Crippen molar-refractivity contribution in [3.05, 3.63) is 194 Å².